The smallest absolute Gasteiger partial charge is 0.197 e. The first-order valence-corrected chi connectivity index (χ1v) is 48.9. The van der Waals surface area contributed by atoms with Crippen LogP contribution in [0.15, 0.2) is 177 Å². The number of nitrogens with zero attached hydrogens (tertiary/aromatic N) is 12. The Morgan fingerprint density at radius 3 is 0.729 bits per heavy atom. The van der Waals surface area contributed by atoms with E-state index in [1.807, 2.05) is 13.8 Å². The van der Waals surface area contributed by atoms with Crippen molar-refractivity contribution in [3.05, 3.63) is 247 Å². The van der Waals surface area contributed by atoms with Gasteiger partial charge in [0.2, 0.25) is 0 Å². The molecule has 6 N–H and O–H groups in total. The number of methoxy groups -OCH3 is 12. The van der Waals surface area contributed by atoms with Crippen molar-refractivity contribution in [3.8, 4) is 69.0 Å². The molecule has 18 rings (SSSR count). The second-order valence-corrected chi connectivity index (χ2v) is 37.7. The zero-order chi connectivity index (χ0) is 138. The van der Waals surface area contributed by atoms with E-state index in [9.17, 15) is 25.3 Å². The molecule has 36 nitrogen and oxygen atoms in total. The van der Waals surface area contributed by atoms with Crippen LogP contribution in [0.2, 0.25) is 0 Å². The number of H-pyrrole nitrogens is 6. The van der Waals surface area contributed by atoms with Crippen LogP contribution in [-0.2, 0) is 99.2 Å². The van der Waals surface area contributed by atoms with Crippen molar-refractivity contribution < 1.29 is 138 Å². The van der Waals surface area contributed by atoms with E-state index < -0.39 is 222 Å². The fourth-order valence-corrected chi connectivity index (χ4v) is 19.4. The normalized spacial score (nSPS) is 17.8. The third-order valence-corrected chi connectivity index (χ3v) is 27.2. The van der Waals surface area contributed by atoms with Crippen LogP contribution < -0.4 is 56.8 Å². The Bertz CT molecular complexity index is 9710. The molecule has 0 saturated heterocycles. The summed E-state index contributed by atoms with van der Waals surface area (Å²) in [5, 5.41) is -0.195. The summed E-state index contributed by atoms with van der Waals surface area (Å²) >= 11 is 0. The number of ether oxygens (including phenoxy) is 12. The minimum Gasteiger partial charge on any atom is -0.497 e. The summed E-state index contributed by atoms with van der Waals surface area (Å²) in [6.07, 6.45) is 4.05. The number of hydrogen-bond donors (Lipinski definition) is 6. The highest BCUT2D eigenvalue weighted by Gasteiger charge is 2.25. The number of nitrogens with one attached hydrogen (secondary N) is 6. The van der Waals surface area contributed by atoms with Crippen molar-refractivity contribution in [2.45, 2.75) is 148 Å². The molecule has 6 aromatic carbocycles. The minimum absolute atomic E-state index is 0.00911. The molecule has 0 spiro atoms. The lowest BCUT2D eigenvalue weighted by Crippen LogP contribution is -2.05. The van der Waals surface area contributed by atoms with Crippen molar-refractivity contribution in [3.63, 3.8) is 0 Å². The number of hydrogen-bond acceptors (Lipinski definition) is 30. The van der Waals surface area contributed by atoms with Crippen LogP contribution in [0.1, 0.15) is 157 Å². The number of pyridine rings is 6. The van der Waals surface area contributed by atoms with Gasteiger partial charge in [-0.05, 0) is 156 Å². The molecule has 42 heteroatoms. The van der Waals surface area contributed by atoms with Gasteiger partial charge in [-0.3, -0.25) is 55.2 Å². The van der Waals surface area contributed by atoms with E-state index in [1.165, 1.54) is 108 Å². The summed E-state index contributed by atoms with van der Waals surface area (Å²) in [5.41, 5.74) is -2.22. The van der Waals surface area contributed by atoms with Crippen LogP contribution in [0.5, 0.6) is 69.0 Å². The van der Waals surface area contributed by atoms with Crippen LogP contribution in [0.4, 0.5) is 0 Å². The van der Waals surface area contributed by atoms with Crippen molar-refractivity contribution in [2.75, 3.05) is 84.8 Å². The quantitative estimate of drug-likeness (QED) is 0.0243. The summed E-state index contributed by atoms with van der Waals surface area (Å²) in [6.45, 7) is 1.30. The summed E-state index contributed by atoms with van der Waals surface area (Å²) in [7, 11) is -24.3. The highest BCUT2D eigenvalue weighted by Crippen LogP contribution is 2.36. The van der Waals surface area contributed by atoms with Crippen molar-refractivity contribution >= 4 is 131 Å². The first kappa shape index (κ1) is 64.2. The maximum Gasteiger partial charge on any atom is 0.197 e. The predicted octanol–water partition coefficient (Wildman–Crippen LogP) is 17.4. The largest absolute Gasteiger partial charge is 0.497 e. The predicted molar refractivity (Wildman–Crippen MR) is 558 cm³/mol. The van der Waals surface area contributed by atoms with Crippen LogP contribution >= 0.6 is 0 Å². The van der Waals surface area contributed by atoms with Gasteiger partial charge in [0.1, 0.15) is 69.0 Å². The van der Waals surface area contributed by atoms with Crippen molar-refractivity contribution in [1.29, 1.82) is 0 Å². The first-order chi connectivity index (χ1) is 85.1. The fraction of sp³-hybridized carbons (Fsp3) is 0.294. The SMILES string of the molecule is [2H]C([2H])([2H])Oc1ccc2nc(S(=O)C([2H])([2H])c3ncc(C)c(OC([2H])([2H])[2H])c3C)[nH]c2c1.[2H]C([2H])([2H])Oc1ccc2nc(S(=O)C([2H])([2H])c3ncc(C)c(OC)c3C)[nH]c2c1.[2H]C([2H])([2H])Oc1ccc2nc(S(=O)Cc3ncc(C)c(OC([2H])([2H])[2H])c3C)[nH]c2c1.[2H]C([2H])([2H])Oc1ccc2nc(S(=O)Cc3ncc(C)c(OC)c3C)[nH]c2c1.[2H]c1nc(C([2H])([2H])S(=O)c2nc3ccc(OC)cc3[nH]2)c(C([2H])([2H])[2H])c(OC)c1C([2H])([2H])[2H].[2H]c1nc(CS(=O)c2nc3ccc(OC)cc3[nH]2)c(C([2H])([2H])[2H])c(OC([2H])([2H])[2H])c1C([2H])([2H])[2H]. The lowest BCUT2D eigenvalue weighted by Gasteiger charge is -2.11. The molecule has 0 radical (unpaired) electrons. The summed E-state index contributed by atoms with van der Waals surface area (Å²) in [5.74, 6) is 0.591. The molecule has 756 valence electrons. The molecule has 0 saturated carbocycles. The molecule has 144 heavy (non-hydrogen) atoms. The number of aromatic amines is 6. The van der Waals surface area contributed by atoms with Gasteiger partial charge in [0, 0.05) is 165 Å². The zero-order valence-corrected chi connectivity index (χ0v) is 82.9. The third kappa shape index (κ3) is 25.0. The van der Waals surface area contributed by atoms with E-state index in [4.69, 9.17) is 113 Å². The van der Waals surface area contributed by atoms with Gasteiger partial charge < -0.3 is 86.7 Å². The Hall–Kier alpha value is -14.5. The monoisotopic (exact) mass is 2110 g/mol. The van der Waals surface area contributed by atoms with E-state index >= 15 is 0 Å². The van der Waals surface area contributed by atoms with Crippen LogP contribution in [0.25, 0.3) is 66.2 Å². The molecule has 0 aliphatic rings. The summed E-state index contributed by atoms with van der Waals surface area (Å²) in [4.78, 5) is 66.4. The summed E-state index contributed by atoms with van der Waals surface area (Å²) in [6, 6.07) is 27.2. The number of aryl methyl sites for hydroxylation is 4. The molecule has 0 amide bonds. The Kier molecular flexibility index (Phi) is 21.7. The average Bonchev–Trinajstić information content (AvgIpc) is 0.953. The summed E-state index contributed by atoms with van der Waals surface area (Å²) < 4.78 is 450. The van der Waals surface area contributed by atoms with Gasteiger partial charge in [-0.25, -0.2) is 29.9 Å². The van der Waals surface area contributed by atoms with E-state index in [1.54, 1.807) is 96.5 Å². The maximum absolute atomic E-state index is 13.2. The molecule has 12 aromatic heterocycles. The average molecular weight is 2110 g/mol. The van der Waals surface area contributed by atoms with Gasteiger partial charge in [-0.2, -0.15) is 0 Å². The lowest BCUT2D eigenvalue weighted by molar-refractivity contribution is 0.407. The van der Waals surface area contributed by atoms with Gasteiger partial charge in [0.25, 0.3) is 0 Å². The highest BCUT2D eigenvalue weighted by atomic mass is 32.2. The number of rotatable bonds is 30. The molecule has 6 atom stereocenters. The van der Waals surface area contributed by atoms with Gasteiger partial charge in [0.15, 0.2) is 30.9 Å². The van der Waals surface area contributed by atoms with Gasteiger partial charge in [-0.1, -0.05) is 0 Å². The molecule has 18 aromatic rings. The number of imidazole rings is 6. The van der Waals surface area contributed by atoms with E-state index in [0.717, 1.165) is 29.5 Å². The topological polar surface area (TPSA) is 463 Å². The van der Waals surface area contributed by atoms with Crippen molar-refractivity contribution in [1.82, 2.24) is 89.7 Å². The molecular formula is C102H114N18O18S6. The molecule has 0 fully saturated rings. The Balaban J connectivity index is 0.000000180. The van der Waals surface area contributed by atoms with Gasteiger partial charge >= 0.3 is 0 Å². The Morgan fingerprint density at radius 1 is 0.257 bits per heavy atom. The number of fused-ring (bicyclic) bond motifs is 6. The second kappa shape index (κ2) is 48.5. The Morgan fingerprint density at radius 2 is 0.472 bits per heavy atom. The van der Waals surface area contributed by atoms with Crippen LogP contribution in [0, 0.1) is 82.8 Å². The zero-order valence-electron chi connectivity index (χ0n) is 119. The number of benzene rings is 6. The van der Waals surface area contributed by atoms with E-state index in [0.29, 0.717) is 117 Å². The van der Waals surface area contributed by atoms with Crippen molar-refractivity contribution in [2.24, 2.45) is 0 Å². The molecule has 12 heterocycles. The standard InChI is InChI=1S/6C17H19N3O3S/c6*1-10-8-18-15(11(2)16(10)23-4)9-24(21)17-19-13-6-5-12(22-3)7-14(13)20-17/h6*5-8H,9H2,1-4H3,(H,19,20)/i1D3,2D3,8D,9D2;1D3,2D3,4D3,8D;3D3,4D3,9D2;3D3,9D2;3D3,4D3;3D3. The van der Waals surface area contributed by atoms with Gasteiger partial charge in [-0.15, -0.1) is 0 Å². The Labute approximate surface area is 904 Å². The molecular weight excluding hydrogens is 1960 g/mol. The number of aromatic nitrogens is 18. The van der Waals surface area contributed by atoms with Crippen LogP contribution in [-0.4, -0.2) is 200 Å². The van der Waals surface area contributed by atoms with Gasteiger partial charge in [0.05, 0.1) is 316 Å². The van der Waals surface area contributed by atoms with E-state index in [-0.39, 0.29) is 93.9 Å². The maximum atomic E-state index is 13.2. The molecule has 0 aliphatic heterocycles. The molecule has 0 bridgehead atoms. The first-order valence-electron chi connectivity index (χ1n) is 62.0. The fourth-order valence-electron chi connectivity index (χ4n) is 13.7. The lowest BCUT2D eigenvalue weighted by atomic mass is 10.1. The highest BCUT2D eigenvalue weighted by molar-refractivity contribution is 7.85. The third-order valence-electron chi connectivity index (χ3n) is 21.0. The molecule has 0 aliphatic carbocycles. The minimum atomic E-state index is -3.22. The second-order valence-electron chi connectivity index (χ2n) is 30.2. The van der Waals surface area contributed by atoms with E-state index in [2.05, 4.69) is 89.7 Å². The van der Waals surface area contributed by atoms with Crippen LogP contribution in [0.3, 0.4) is 0 Å². The molecule has 6 unspecified atom stereocenters.